The van der Waals surface area contributed by atoms with Crippen LogP contribution in [0.15, 0.2) is 24.5 Å². The number of quaternary nitrogens is 1. The van der Waals surface area contributed by atoms with Gasteiger partial charge in [-0.2, -0.15) is 0 Å². The van der Waals surface area contributed by atoms with E-state index in [1.165, 1.54) is 141 Å². The zero-order chi connectivity index (χ0) is 39.9. The highest BCUT2D eigenvalue weighted by Crippen LogP contribution is 2.38. The Kier molecular flexibility index (Phi) is 37.8. The quantitative estimate of drug-likeness (QED) is 0.0152. The molecular formula is C45H88NO7P. The van der Waals surface area contributed by atoms with E-state index in [0.717, 1.165) is 44.9 Å². The highest BCUT2D eigenvalue weighted by molar-refractivity contribution is 7.45. The van der Waals surface area contributed by atoms with Crippen molar-refractivity contribution in [1.82, 2.24) is 0 Å². The van der Waals surface area contributed by atoms with Crippen LogP contribution in [0.5, 0.6) is 0 Å². The van der Waals surface area contributed by atoms with Gasteiger partial charge >= 0.3 is 5.97 Å². The van der Waals surface area contributed by atoms with E-state index in [1.54, 1.807) is 6.26 Å². The Morgan fingerprint density at radius 2 is 0.981 bits per heavy atom. The number of phosphoric ester groups is 1. The number of hydrogen-bond acceptors (Lipinski definition) is 7. The maximum Gasteiger partial charge on any atom is 0.306 e. The third kappa shape index (κ3) is 42.0. The van der Waals surface area contributed by atoms with Crippen LogP contribution in [0.25, 0.3) is 0 Å². The molecule has 0 heterocycles. The maximum atomic E-state index is 12.6. The number of carbonyl (C=O) groups excluding carboxylic acids is 1. The van der Waals surface area contributed by atoms with E-state index >= 15 is 0 Å². The number of unbranched alkanes of at least 4 members (excludes halogenated alkanes) is 26. The van der Waals surface area contributed by atoms with Crippen molar-refractivity contribution in [2.24, 2.45) is 0 Å². The summed E-state index contributed by atoms with van der Waals surface area (Å²) in [6.07, 6.45) is 44.3. The molecule has 8 nitrogen and oxygen atoms in total. The van der Waals surface area contributed by atoms with Crippen molar-refractivity contribution in [3.8, 4) is 0 Å². The van der Waals surface area contributed by atoms with Crippen LogP contribution in [0.1, 0.15) is 206 Å². The van der Waals surface area contributed by atoms with Crippen LogP contribution in [-0.2, 0) is 27.9 Å². The number of likely N-dealkylation sites (N-methyl/N-ethyl adjacent to an activating group) is 1. The number of hydrogen-bond donors (Lipinski definition) is 0. The average molecular weight is 786 g/mol. The number of ether oxygens (including phenoxy) is 2. The van der Waals surface area contributed by atoms with Crippen LogP contribution in [-0.4, -0.2) is 64.1 Å². The first kappa shape index (κ1) is 52.8. The largest absolute Gasteiger partial charge is 0.756 e. The van der Waals surface area contributed by atoms with Gasteiger partial charge in [-0.15, -0.1) is 0 Å². The molecule has 0 aromatic carbocycles. The molecule has 0 aromatic heterocycles. The van der Waals surface area contributed by atoms with Crippen molar-refractivity contribution in [1.29, 1.82) is 0 Å². The molecule has 0 amide bonds. The first-order valence-electron chi connectivity index (χ1n) is 22.6. The highest BCUT2D eigenvalue weighted by Gasteiger charge is 2.20. The van der Waals surface area contributed by atoms with Gasteiger partial charge in [0.25, 0.3) is 7.82 Å². The smallest absolute Gasteiger partial charge is 0.306 e. The fraction of sp³-hybridized carbons (Fsp3) is 0.889. The molecule has 0 aromatic rings. The molecule has 0 saturated heterocycles. The Hall–Kier alpha value is -1.18. The molecule has 320 valence electrons. The predicted molar refractivity (Wildman–Crippen MR) is 226 cm³/mol. The number of allylic oxidation sites excluding steroid dienone is 3. The zero-order valence-electron chi connectivity index (χ0n) is 36.2. The zero-order valence-corrected chi connectivity index (χ0v) is 37.1. The fourth-order valence-electron chi connectivity index (χ4n) is 6.27. The summed E-state index contributed by atoms with van der Waals surface area (Å²) in [7, 11) is 1.33. The van der Waals surface area contributed by atoms with Crippen LogP contribution < -0.4 is 4.89 Å². The van der Waals surface area contributed by atoms with Gasteiger partial charge in [0.2, 0.25) is 0 Å². The highest BCUT2D eigenvalue weighted by atomic mass is 31.2. The topological polar surface area (TPSA) is 94.1 Å². The van der Waals surface area contributed by atoms with Crippen molar-refractivity contribution in [2.75, 3.05) is 47.5 Å². The van der Waals surface area contributed by atoms with Gasteiger partial charge in [0, 0.05) is 6.42 Å². The van der Waals surface area contributed by atoms with E-state index in [9.17, 15) is 14.3 Å². The monoisotopic (exact) mass is 786 g/mol. The SMILES string of the molecule is CCCCCCC/C=C/CCCCCCCC(=O)O[C@H](CO/C=C/CCCCCCCCCCCCCCCCCC)COP(=O)([O-])OCC[N+](C)(C)C. The molecule has 0 saturated carbocycles. The van der Waals surface area contributed by atoms with Crippen LogP contribution in [0.4, 0.5) is 0 Å². The number of phosphoric acid groups is 1. The molecule has 0 aliphatic carbocycles. The summed E-state index contributed by atoms with van der Waals surface area (Å²) in [5.41, 5.74) is 0. The lowest BCUT2D eigenvalue weighted by Gasteiger charge is -2.28. The number of esters is 1. The lowest BCUT2D eigenvalue weighted by Crippen LogP contribution is -2.37. The summed E-state index contributed by atoms with van der Waals surface area (Å²) in [6, 6.07) is 0. The van der Waals surface area contributed by atoms with Crippen LogP contribution in [0.3, 0.4) is 0 Å². The molecule has 0 spiro atoms. The second kappa shape index (κ2) is 38.7. The second-order valence-corrected chi connectivity index (χ2v) is 17.9. The van der Waals surface area contributed by atoms with Gasteiger partial charge in [0.1, 0.15) is 19.8 Å². The molecule has 0 rings (SSSR count). The molecule has 9 heteroatoms. The summed E-state index contributed by atoms with van der Waals surface area (Å²) in [6.45, 7) is 4.74. The van der Waals surface area contributed by atoms with Crippen molar-refractivity contribution >= 4 is 13.8 Å². The molecular weight excluding hydrogens is 697 g/mol. The summed E-state index contributed by atoms with van der Waals surface area (Å²) < 4.78 is 34.3. The van der Waals surface area contributed by atoms with E-state index in [4.69, 9.17) is 18.5 Å². The van der Waals surface area contributed by atoms with E-state index in [-0.39, 0.29) is 25.8 Å². The van der Waals surface area contributed by atoms with Gasteiger partial charge < -0.3 is 27.9 Å². The number of rotatable bonds is 42. The third-order valence-electron chi connectivity index (χ3n) is 9.82. The molecule has 1 unspecified atom stereocenters. The Morgan fingerprint density at radius 3 is 1.43 bits per heavy atom. The normalized spacial score (nSPS) is 13.9. The first-order chi connectivity index (χ1) is 26.1. The Bertz CT molecular complexity index is 920. The van der Waals surface area contributed by atoms with Crippen LogP contribution in [0, 0.1) is 0 Å². The molecule has 0 aliphatic rings. The van der Waals surface area contributed by atoms with Crippen molar-refractivity contribution < 1.29 is 37.3 Å². The molecule has 2 atom stereocenters. The Morgan fingerprint density at radius 1 is 0.574 bits per heavy atom. The molecule has 0 fully saturated rings. The second-order valence-electron chi connectivity index (χ2n) is 16.5. The van der Waals surface area contributed by atoms with Crippen molar-refractivity contribution in [3.63, 3.8) is 0 Å². The fourth-order valence-corrected chi connectivity index (χ4v) is 7.00. The van der Waals surface area contributed by atoms with Crippen molar-refractivity contribution in [2.45, 2.75) is 213 Å². The van der Waals surface area contributed by atoms with E-state index in [0.29, 0.717) is 17.4 Å². The minimum absolute atomic E-state index is 0.0166. The van der Waals surface area contributed by atoms with E-state index in [1.807, 2.05) is 27.2 Å². The van der Waals surface area contributed by atoms with Crippen LogP contribution in [0.2, 0.25) is 0 Å². The summed E-state index contributed by atoms with van der Waals surface area (Å²) in [4.78, 5) is 25.0. The maximum absolute atomic E-state index is 12.6. The Balaban J connectivity index is 4.25. The first-order valence-corrected chi connectivity index (χ1v) is 24.1. The van der Waals surface area contributed by atoms with Gasteiger partial charge in [-0.25, -0.2) is 0 Å². The summed E-state index contributed by atoms with van der Waals surface area (Å²) in [5, 5.41) is 0. The summed E-state index contributed by atoms with van der Waals surface area (Å²) >= 11 is 0. The Labute approximate surface area is 334 Å². The van der Waals surface area contributed by atoms with Crippen molar-refractivity contribution in [3.05, 3.63) is 24.5 Å². The number of nitrogens with zero attached hydrogens (tertiary/aromatic N) is 1. The lowest BCUT2D eigenvalue weighted by molar-refractivity contribution is -0.870. The molecule has 54 heavy (non-hydrogen) atoms. The predicted octanol–water partition coefficient (Wildman–Crippen LogP) is 12.9. The van der Waals surface area contributed by atoms with Gasteiger partial charge in [-0.3, -0.25) is 9.36 Å². The third-order valence-corrected chi connectivity index (χ3v) is 10.8. The lowest BCUT2D eigenvalue weighted by atomic mass is 10.0. The molecule has 0 N–H and O–H groups in total. The van der Waals surface area contributed by atoms with Gasteiger partial charge in [0.05, 0.1) is 34.0 Å². The minimum Gasteiger partial charge on any atom is -0.756 e. The van der Waals surface area contributed by atoms with Gasteiger partial charge in [0.15, 0.2) is 6.10 Å². The number of carbonyl (C=O) groups is 1. The average Bonchev–Trinajstić information content (AvgIpc) is 3.12. The van der Waals surface area contributed by atoms with E-state index < -0.39 is 13.9 Å². The summed E-state index contributed by atoms with van der Waals surface area (Å²) in [5.74, 6) is -0.363. The molecule has 0 aliphatic heterocycles. The van der Waals surface area contributed by atoms with Gasteiger partial charge in [-0.05, 0) is 51.0 Å². The minimum atomic E-state index is -4.54. The van der Waals surface area contributed by atoms with E-state index in [2.05, 4.69) is 26.0 Å². The molecule has 0 radical (unpaired) electrons. The van der Waals surface area contributed by atoms with Gasteiger partial charge in [-0.1, -0.05) is 167 Å². The van der Waals surface area contributed by atoms with Crippen LogP contribution >= 0.6 is 7.82 Å². The standard InChI is InChI=1S/C45H88NO7P/c1-6-8-10-12-14-16-18-20-22-23-24-25-27-29-31-33-35-37-40-50-42-44(43-52-54(48,49)51-41-39-46(3,4)5)53-45(47)38-36-34-32-30-28-26-21-19-17-15-13-11-9-7-2/h19,21,37,40,44H,6-18,20,22-36,38-39,41-43H2,1-5H3/b21-19+,40-37+/t44-/m1/s1. The molecule has 0 bridgehead atoms.